The van der Waals surface area contributed by atoms with Gasteiger partial charge in [0.2, 0.25) is 0 Å². The first-order chi connectivity index (χ1) is 8.14. The molecule has 0 bridgehead atoms. The molecular formula is C12H29NO2SSn. The molecule has 0 aromatic carbocycles. The van der Waals surface area contributed by atoms with Gasteiger partial charge in [-0.1, -0.05) is 13.8 Å². The molecule has 0 spiro atoms. The maximum atomic E-state index is 8.93. The summed E-state index contributed by atoms with van der Waals surface area (Å²) in [6.07, 6.45) is 2.44. The van der Waals surface area contributed by atoms with E-state index in [4.69, 9.17) is 15.9 Å². The number of rotatable bonds is 7. The van der Waals surface area contributed by atoms with E-state index in [2.05, 4.69) is 25.6 Å². The number of nitrogens with two attached hydrogens (primary N) is 1. The van der Waals surface area contributed by atoms with E-state index in [0.29, 0.717) is 6.04 Å². The summed E-state index contributed by atoms with van der Waals surface area (Å²) in [5.41, 5.74) is 5.81. The van der Waals surface area contributed by atoms with Crippen LogP contribution in [0, 0.1) is 0 Å². The van der Waals surface area contributed by atoms with Crippen molar-refractivity contribution in [2.24, 2.45) is 5.73 Å². The smallest absolute Gasteiger partial charge is 0.0809 e. The Hall–Kier alpha value is 1.03. The van der Waals surface area contributed by atoms with Gasteiger partial charge in [0, 0.05) is 0 Å². The average molecular weight is 370 g/mol. The molecular weight excluding hydrogens is 341 g/mol. The fourth-order valence-electron chi connectivity index (χ4n) is 0.738. The van der Waals surface area contributed by atoms with E-state index in [-0.39, 0.29) is 34.4 Å². The molecule has 3 nitrogen and oxygen atoms in total. The molecule has 104 valence electrons. The van der Waals surface area contributed by atoms with E-state index in [1.54, 1.807) is 13.8 Å². The molecule has 0 amide bonds. The Balaban J connectivity index is -0.000000273. The van der Waals surface area contributed by atoms with E-state index in [9.17, 15) is 0 Å². The van der Waals surface area contributed by atoms with Crippen LogP contribution in [-0.4, -0.2) is 49.9 Å². The fourth-order valence-corrected chi connectivity index (χ4v) is 7.09. The summed E-state index contributed by atoms with van der Waals surface area (Å²) in [4.78, 5) is 0. The molecule has 0 saturated heterocycles. The van der Waals surface area contributed by atoms with Gasteiger partial charge in [-0.2, -0.15) is 0 Å². The van der Waals surface area contributed by atoms with Crippen molar-refractivity contribution in [3.63, 3.8) is 0 Å². The molecule has 0 aliphatic rings. The Labute approximate surface area is 122 Å². The van der Waals surface area contributed by atoms with Crippen LogP contribution in [0.2, 0.25) is 4.44 Å². The molecule has 0 saturated carbocycles. The van der Waals surface area contributed by atoms with Crippen LogP contribution < -0.4 is 15.9 Å². The van der Waals surface area contributed by atoms with E-state index in [1.807, 2.05) is 0 Å². The maximum absolute atomic E-state index is 8.93. The first-order valence-corrected chi connectivity index (χ1v) is 11.5. The number of thioether (sulfide) groups is 1. The van der Waals surface area contributed by atoms with Gasteiger partial charge >= 0.3 is 85.3 Å². The van der Waals surface area contributed by atoms with Crippen molar-refractivity contribution in [1.29, 1.82) is 0 Å². The summed E-state index contributed by atoms with van der Waals surface area (Å²) in [6.45, 7) is 7.55. The minimum absolute atomic E-state index is 0. The van der Waals surface area contributed by atoms with Crippen molar-refractivity contribution in [3.05, 3.63) is 0 Å². The van der Waals surface area contributed by atoms with Crippen LogP contribution in [0.1, 0.15) is 40.5 Å². The van der Waals surface area contributed by atoms with Gasteiger partial charge in [-0.25, -0.2) is 0 Å². The quantitative estimate of drug-likeness (QED) is 0.529. The third-order valence-corrected chi connectivity index (χ3v) is 7.77. The van der Waals surface area contributed by atoms with Crippen molar-refractivity contribution in [2.75, 3.05) is 22.7 Å². The van der Waals surface area contributed by atoms with Crippen molar-refractivity contribution >= 4 is 32.9 Å². The molecule has 5 heteroatoms. The molecule has 0 aliphatic carbocycles. The monoisotopic (exact) mass is 371 g/mol. The van der Waals surface area contributed by atoms with Gasteiger partial charge in [0.1, 0.15) is 0 Å². The summed E-state index contributed by atoms with van der Waals surface area (Å²) < 4.78 is 2.96. The maximum Gasteiger partial charge on any atom is -0.0809 e. The SMILES string of the molecule is CCS[CH2][Sn+2][CH2]CC(N)CC.CC[O-].CC[O-]. The molecule has 0 radical (unpaired) electrons. The normalized spacial score (nSPS) is 10.3. The van der Waals surface area contributed by atoms with Crippen LogP contribution in [0.5, 0.6) is 0 Å². The second-order valence-corrected chi connectivity index (χ2v) is 9.77. The van der Waals surface area contributed by atoms with Gasteiger partial charge in [-0.05, 0) is 0 Å². The average Bonchev–Trinajstić information content (AvgIpc) is 2.30. The first kappa shape index (κ1) is 23.1. The van der Waals surface area contributed by atoms with Crippen molar-refractivity contribution in [1.82, 2.24) is 0 Å². The first-order valence-electron chi connectivity index (χ1n) is 6.34. The minimum Gasteiger partial charge on any atom is -0.855 e. The molecule has 0 heterocycles. The van der Waals surface area contributed by atoms with Gasteiger partial charge in [-0.3, -0.25) is 0 Å². The zero-order chi connectivity index (χ0) is 13.9. The summed E-state index contributed by atoms with van der Waals surface area (Å²) in [7, 11) is 0. The van der Waals surface area contributed by atoms with Crippen LogP contribution in [0.3, 0.4) is 0 Å². The predicted molar refractivity (Wildman–Crippen MR) is 77.5 cm³/mol. The molecule has 0 rings (SSSR count). The molecule has 1 unspecified atom stereocenters. The Morgan fingerprint density at radius 1 is 1.12 bits per heavy atom. The number of hydrogen-bond donors (Lipinski definition) is 1. The summed E-state index contributed by atoms with van der Waals surface area (Å²) >= 11 is 2.09. The predicted octanol–water partition coefficient (Wildman–Crippen LogP) is 0.680. The Morgan fingerprint density at radius 3 is 1.94 bits per heavy atom. The van der Waals surface area contributed by atoms with E-state index in [0.717, 1.165) is 6.42 Å². The van der Waals surface area contributed by atoms with Crippen molar-refractivity contribution in [2.45, 2.75) is 51.0 Å². The van der Waals surface area contributed by atoms with Gasteiger partial charge in [0.05, 0.1) is 0 Å². The standard InChI is InChI=1S/C5H12N.C3H7S.2C2H5O.Sn/c1-3-5(6)4-2;1-3-4-2;2*1-2-3;/h5H,1,3-4,6H2,2H3;2-3H2,1H3;2*2H2,1H3;/q;;2*-1;+2. The third kappa shape index (κ3) is 38.2. The minimum atomic E-state index is -0.0171. The van der Waals surface area contributed by atoms with Crippen LogP contribution in [0.4, 0.5) is 0 Å². The fraction of sp³-hybridized carbons (Fsp3) is 1.00. The van der Waals surface area contributed by atoms with Gasteiger partial charge in [0.15, 0.2) is 0 Å². The zero-order valence-corrected chi connectivity index (χ0v) is 15.5. The Morgan fingerprint density at radius 2 is 1.59 bits per heavy atom. The van der Waals surface area contributed by atoms with Gasteiger partial charge in [0.25, 0.3) is 0 Å². The van der Waals surface area contributed by atoms with E-state index >= 15 is 0 Å². The van der Waals surface area contributed by atoms with Crippen LogP contribution in [0.15, 0.2) is 0 Å². The molecule has 0 fully saturated rings. The van der Waals surface area contributed by atoms with Gasteiger partial charge in [-0.15, -0.1) is 13.2 Å². The van der Waals surface area contributed by atoms with Crippen LogP contribution in [0.25, 0.3) is 0 Å². The molecule has 0 aliphatic heterocycles. The van der Waals surface area contributed by atoms with Crippen LogP contribution in [-0.2, 0) is 0 Å². The number of hydrogen-bond acceptors (Lipinski definition) is 4. The van der Waals surface area contributed by atoms with Gasteiger partial charge < -0.3 is 10.2 Å². The molecule has 0 aromatic heterocycles. The van der Waals surface area contributed by atoms with Crippen LogP contribution >= 0.6 is 11.8 Å². The molecule has 2 N–H and O–H groups in total. The van der Waals surface area contributed by atoms with E-state index < -0.39 is 0 Å². The topological polar surface area (TPSA) is 72.1 Å². The molecule has 1 atom stereocenters. The largest absolute Gasteiger partial charge is 0.855 e. The Kier molecular flexibility index (Phi) is 35.1. The molecule has 0 aromatic rings. The Bertz CT molecular complexity index is 109. The molecule has 17 heavy (non-hydrogen) atoms. The summed E-state index contributed by atoms with van der Waals surface area (Å²) in [5.74, 6) is 1.29. The van der Waals surface area contributed by atoms with E-state index in [1.165, 1.54) is 20.4 Å². The second kappa shape index (κ2) is 25.8. The van der Waals surface area contributed by atoms with Crippen molar-refractivity contribution in [3.8, 4) is 0 Å². The summed E-state index contributed by atoms with van der Waals surface area (Å²) in [6, 6.07) is 0.488. The van der Waals surface area contributed by atoms with Crippen molar-refractivity contribution < 1.29 is 10.2 Å². The second-order valence-electron chi connectivity index (χ2n) is 3.17. The summed E-state index contributed by atoms with van der Waals surface area (Å²) in [5, 5.41) is 17.9. The zero-order valence-electron chi connectivity index (χ0n) is 11.8. The third-order valence-electron chi connectivity index (χ3n) is 1.62.